The van der Waals surface area contributed by atoms with E-state index in [9.17, 15) is 4.79 Å². The fraction of sp³-hybridized carbons (Fsp3) is 0.917. The molecule has 1 saturated carbocycles. The third kappa shape index (κ3) is 3.19. The number of nitrogens with one attached hydrogen (secondary N) is 2. The topological polar surface area (TPSA) is 50.4 Å². The molecular formula is C12H22N2O2. The van der Waals surface area contributed by atoms with E-state index in [2.05, 4.69) is 10.6 Å². The van der Waals surface area contributed by atoms with Crippen molar-refractivity contribution in [3.05, 3.63) is 0 Å². The van der Waals surface area contributed by atoms with Gasteiger partial charge in [-0.3, -0.25) is 4.79 Å². The van der Waals surface area contributed by atoms with Gasteiger partial charge in [-0.05, 0) is 32.1 Å². The molecule has 4 nitrogen and oxygen atoms in total. The maximum absolute atomic E-state index is 11.0. The minimum Gasteiger partial charge on any atom is -0.381 e. The van der Waals surface area contributed by atoms with Crippen molar-refractivity contribution in [3.8, 4) is 0 Å². The molecule has 1 saturated heterocycles. The van der Waals surface area contributed by atoms with Gasteiger partial charge in [0.1, 0.15) is 0 Å². The van der Waals surface area contributed by atoms with Crippen LogP contribution in [-0.2, 0) is 9.53 Å². The number of carbonyl (C=O) groups is 1. The normalized spacial score (nSPS) is 35.1. The Hall–Kier alpha value is -0.610. The molecule has 0 aromatic rings. The molecule has 1 amide bonds. The van der Waals surface area contributed by atoms with E-state index in [-0.39, 0.29) is 5.91 Å². The van der Waals surface area contributed by atoms with Gasteiger partial charge in [0, 0.05) is 32.2 Å². The summed E-state index contributed by atoms with van der Waals surface area (Å²) in [5, 5.41) is 6.54. The summed E-state index contributed by atoms with van der Waals surface area (Å²) in [5.74, 6) is 0.199. The first kappa shape index (κ1) is 11.9. The molecule has 0 aromatic heterocycles. The summed E-state index contributed by atoms with van der Waals surface area (Å²) in [6.45, 7) is 0.910. The smallest absolute Gasteiger partial charge is 0.220 e. The molecule has 92 valence electrons. The van der Waals surface area contributed by atoms with Crippen LogP contribution in [0, 0.1) is 0 Å². The van der Waals surface area contributed by atoms with Gasteiger partial charge < -0.3 is 15.4 Å². The van der Waals surface area contributed by atoms with Crippen molar-refractivity contribution >= 4 is 5.91 Å². The number of hydrogen-bond acceptors (Lipinski definition) is 3. The predicted molar refractivity (Wildman–Crippen MR) is 62.2 cm³/mol. The Labute approximate surface area is 97.1 Å². The second-order valence-corrected chi connectivity index (χ2v) is 4.93. The maximum Gasteiger partial charge on any atom is 0.220 e. The van der Waals surface area contributed by atoms with Gasteiger partial charge >= 0.3 is 0 Å². The van der Waals surface area contributed by atoms with Gasteiger partial charge in [0.15, 0.2) is 0 Å². The average Bonchev–Trinajstić information content (AvgIpc) is 2.73. The molecule has 16 heavy (non-hydrogen) atoms. The van der Waals surface area contributed by atoms with E-state index >= 15 is 0 Å². The van der Waals surface area contributed by atoms with Crippen LogP contribution in [0.5, 0.6) is 0 Å². The Kier molecular flexibility index (Phi) is 4.18. The van der Waals surface area contributed by atoms with E-state index in [1.165, 1.54) is 19.3 Å². The van der Waals surface area contributed by atoms with Crippen molar-refractivity contribution in [2.75, 3.05) is 13.7 Å². The largest absolute Gasteiger partial charge is 0.381 e. The molecule has 2 aliphatic rings. The van der Waals surface area contributed by atoms with Gasteiger partial charge in [-0.2, -0.15) is 0 Å². The Balaban J connectivity index is 1.67. The summed E-state index contributed by atoms with van der Waals surface area (Å²) in [5.41, 5.74) is 0. The third-order valence-electron chi connectivity index (χ3n) is 3.70. The van der Waals surface area contributed by atoms with Crippen LogP contribution in [-0.4, -0.2) is 37.7 Å². The monoisotopic (exact) mass is 226 g/mol. The quantitative estimate of drug-likeness (QED) is 0.746. The Morgan fingerprint density at radius 2 is 2.31 bits per heavy atom. The van der Waals surface area contributed by atoms with E-state index in [1.54, 1.807) is 7.11 Å². The lowest BCUT2D eigenvalue weighted by molar-refractivity contribution is -0.119. The Morgan fingerprint density at radius 3 is 3.00 bits per heavy atom. The Bertz CT molecular complexity index is 245. The SMILES string of the molecule is COC1CCCC(NCC2CCC(=O)N2)C1. The number of ether oxygens (including phenoxy) is 1. The number of hydrogen-bond donors (Lipinski definition) is 2. The van der Waals surface area contributed by atoms with E-state index in [0.29, 0.717) is 24.6 Å². The number of amides is 1. The number of methoxy groups -OCH3 is 1. The predicted octanol–water partition coefficient (Wildman–Crippen LogP) is 0.812. The molecule has 1 aliphatic carbocycles. The Morgan fingerprint density at radius 1 is 1.44 bits per heavy atom. The van der Waals surface area contributed by atoms with Crippen molar-refractivity contribution in [1.29, 1.82) is 0 Å². The fourth-order valence-corrected chi connectivity index (χ4v) is 2.68. The minimum absolute atomic E-state index is 0.199. The molecule has 2 rings (SSSR count). The zero-order valence-electron chi connectivity index (χ0n) is 10.00. The lowest BCUT2D eigenvalue weighted by Crippen LogP contribution is -2.43. The van der Waals surface area contributed by atoms with Crippen LogP contribution in [0.3, 0.4) is 0 Å². The molecule has 3 unspecified atom stereocenters. The zero-order valence-corrected chi connectivity index (χ0v) is 10.00. The van der Waals surface area contributed by atoms with Gasteiger partial charge in [0.2, 0.25) is 5.91 Å². The highest BCUT2D eigenvalue weighted by atomic mass is 16.5. The molecule has 0 aromatic carbocycles. The number of carbonyl (C=O) groups excluding carboxylic acids is 1. The van der Waals surface area contributed by atoms with Crippen LogP contribution in [0.4, 0.5) is 0 Å². The van der Waals surface area contributed by atoms with Crippen LogP contribution < -0.4 is 10.6 Å². The van der Waals surface area contributed by atoms with Crippen molar-refractivity contribution in [1.82, 2.24) is 10.6 Å². The summed E-state index contributed by atoms with van der Waals surface area (Å²) in [6, 6.07) is 0.909. The molecule has 4 heteroatoms. The highest BCUT2D eigenvalue weighted by Gasteiger charge is 2.24. The van der Waals surface area contributed by atoms with Gasteiger partial charge in [-0.15, -0.1) is 0 Å². The fourth-order valence-electron chi connectivity index (χ4n) is 2.68. The standard InChI is InChI=1S/C12H22N2O2/c1-16-11-4-2-3-9(7-11)13-8-10-5-6-12(15)14-10/h9-11,13H,2-8H2,1H3,(H,14,15). The lowest BCUT2D eigenvalue weighted by atomic mass is 9.92. The van der Waals surface area contributed by atoms with Crippen LogP contribution in [0.15, 0.2) is 0 Å². The van der Waals surface area contributed by atoms with E-state index < -0.39 is 0 Å². The second kappa shape index (κ2) is 5.64. The van der Waals surface area contributed by atoms with E-state index in [1.807, 2.05) is 0 Å². The molecule has 3 atom stereocenters. The first-order valence-electron chi connectivity index (χ1n) is 6.33. The molecule has 1 heterocycles. The number of rotatable bonds is 4. The van der Waals surface area contributed by atoms with Crippen molar-refractivity contribution in [2.45, 2.75) is 56.7 Å². The summed E-state index contributed by atoms with van der Waals surface area (Å²) >= 11 is 0. The summed E-state index contributed by atoms with van der Waals surface area (Å²) in [6.07, 6.45) is 6.87. The average molecular weight is 226 g/mol. The van der Waals surface area contributed by atoms with Crippen molar-refractivity contribution in [2.24, 2.45) is 0 Å². The second-order valence-electron chi connectivity index (χ2n) is 4.93. The molecule has 1 aliphatic heterocycles. The molecular weight excluding hydrogens is 204 g/mol. The highest BCUT2D eigenvalue weighted by molar-refractivity contribution is 5.78. The minimum atomic E-state index is 0.199. The molecule has 0 spiro atoms. The molecule has 2 N–H and O–H groups in total. The van der Waals surface area contributed by atoms with Gasteiger partial charge in [-0.1, -0.05) is 0 Å². The molecule has 2 fully saturated rings. The van der Waals surface area contributed by atoms with E-state index in [0.717, 1.165) is 19.4 Å². The summed E-state index contributed by atoms with van der Waals surface area (Å²) < 4.78 is 5.40. The van der Waals surface area contributed by atoms with Crippen molar-refractivity contribution in [3.63, 3.8) is 0 Å². The summed E-state index contributed by atoms with van der Waals surface area (Å²) in [7, 11) is 1.80. The van der Waals surface area contributed by atoms with Crippen LogP contribution in [0.2, 0.25) is 0 Å². The lowest BCUT2D eigenvalue weighted by Gasteiger charge is -2.29. The third-order valence-corrected chi connectivity index (χ3v) is 3.70. The molecule has 0 radical (unpaired) electrons. The van der Waals surface area contributed by atoms with E-state index in [4.69, 9.17) is 4.74 Å². The molecule has 0 bridgehead atoms. The van der Waals surface area contributed by atoms with Crippen molar-refractivity contribution < 1.29 is 9.53 Å². The zero-order chi connectivity index (χ0) is 11.4. The van der Waals surface area contributed by atoms with Crippen LogP contribution in [0.25, 0.3) is 0 Å². The summed E-state index contributed by atoms with van der Waals surface area (Å²) in [4.78, 5) is 11.0. The van der Waals surface area contributed by atoms with Gasteiger partial charge in [-0.25, -0.2) is 0 Å². The maximum atomic E-state index is 11.0. The van der Waals surface area contributed by atoms with Crippen LogP contribution in [0.1, 0.15) is 38.5 Å². The highest BCUT2D eigenvalue weighted by Crippen LogP contribution is 2.20. The first-order chi connectivity index (χ1) is 7.78. The first-order valence-corrected chi connectivity index (χ1v) is 6.33. The van der Waals surface area contributed by atoms with Gasteiger partial charge in [0.25, 0.3) is 0 Å². The van der Waals surface area contributed by atoms with Crippen LogP contribution >= 0.6 is 0 Å². The van der Waals surface area contributed by atoms with Gasteiger partial charge in [0.05, 0.1) is 6.10 Å².